The van der Waals surface area contributed by atoms with Crippen LogP contribution in [0.4, 0.5) is 20.4 Å². The van der Waals surface area contributed by atoms with Crippen molar-refractivity contribution in [3.8, 4) is 23.4 Å². The summed E-state index contributed by atoms with van der Waals surface area (Å²) in [5, 5.41) is 29.7. The second-order valence-corrected chi connectivity index (χ2v) is 18.2. The standard InChI is InChI=1S/C25H16FN5.C16H10ClFN4.C15H18BNO2/c26-23-24(21-7-8-22-20(12-21)2-1-9-28-22)30-15-31-25(23)29-14-17-4-6-18-10-16(13-27)3-5-19(18)11-17;17-15-14(18)16(22-9-21-15)20-8-11-2-4-12-5-10(7-19)1-3-13(12)6-11;1-14(2)15(3,4)19-16(18-14)12-7-8-13-11(10-12)6-5-9-17-13/h1-12,15H,14H2,(H,29,30,31);1-6,9H,8H2,(H,20,21,22);5-10H,1-4H3. The summed E-state index contributed by atoms with van der Waals surface area (Å²) in [6.45, 7) is 9.07. The van der Waals surface area contributed by atoms with Gasteiger partial charge in [-0.05, 0) is 138 Å². The van der Waals surface area contributed by atoms with Crippen molar-refractivity contribution >= 4 is 79.2 Å². The van der Waals surface area contributed by atoms with E-state index < -0.39 is 11.6 Å². The molecule has 1 fully saturated rings. The molecule has 4 aromatic heterocycles. The average molecular weight is 973 g/mol. The first-order chi connectivity index (χ1) is 34.8. The third kappa shape index (κ3) is 10.8. The van der Waals surface area contributed by atoms with Gasteiger partial charge in [-0.2, -0.15) is 14.9 Å². The maximum absolute atomic E-state index is 15.2. The number of nitrogens with one attached hydrogen (secondary N) is 2. The van der Waals surface area contributed by atoms with Crippen LogP contribution in [0.5, 0.6) is 0 Å². The highest BCUT2D eigenvalue weighted by molar-refractivity contribution is 6.62. The van der Waals surface area contributed by atoms with Crippen LogP contribution in [0, 0.1) is 34.3 Å². The van der Waals surface area contributed by atoms with E-state index in [1.54, 1.807) is 24.5 Å². The number of fused-ring (bicyclic) bond motifs is 4. The highest BCUT2D eigenvalue weighted by Gasteiger charge is 2.51. The molecule has 0 unspecified atom stereocenters. The molecule has 0 radical (unpaired) electrons. The lowest BCUT2D eigenvalue weighted by Crippen LogP contribution is -2.41. The molecule has 0 aliphatic carbocycles. The molecule has 6 aromatic carbocycles. The number of nitrogens with zero attached hydrogens (tertiary/aromatic N) is 8. The number of aromatic nitrogens is 6. The Morgan fingerprint density at radius 1 is 0.542 bits per heavy atom. The lowest BCUT2D eigenvalue weighted by Gasteiger charge is -2.32. The van der Waals surface area contributed by atoms with Crippen molar-refractivity contribution in [2.24, 2.45) is 0 Å². The second kappa shape index (κ2) is 20.9. The highest BCUT2D eigenvalue weighted by atomic mass is 35.5. The summed E-state index contributed by atoms with van der Waals surface area (Å²) in [5.41, 5.74) is 6.37. The Balaban J connectivity index is 0.000000138. The Morgan fingerprint density at radius 3 is 1.61 bits per heavy atom. The fraction of sp³-hybridized carbons (Fsp3) is 0.143. The van der Waals surface area contributed by atoms with Crippen molar-refractivity contribution in [1.29, 1.82) is 10.5 Å². The fourth-order valence-corrected chi connectivity index (χ4v) is 8.06. The monoisotopic (exact) mass is 972 g/mol. The van der Waals surface area contributed by atoms with Crippen LogP contribution < -0.4 is 16.1 Å². The third-order valence-corrected chi connectivity index (χ3v) is 12.8. The van der Waals surface area contributed by atoms with Crippen LogP contribution in [-0.4, -0.2) is 48.2 Å². The lowest BCUT2D eigenvalue weighted by molar-refractivity contribution is 0.00578. The van der Waals surface area contributed by atoms with Gasteiger partial charge in [0, 0.05) is 36.4 Å². The molecule has 0 bridgehead atoms. The predicted molar refractivity (Wildman–Crippen MR) is 279 cm³/mol. The van der Waals surface area contributed by atoms with Crippen molar-refractivity contribution in [3.05, 3.63) is 198 Å². The van der Waals surface area contributed by atoms with Gasteiger partial charge in [-0.3, -0.25) is 9.97 Å². The normalized spacial score (nSPS) is 13.4. The second-order valence-electron chi connectivity index (χ2n) is 17.9. The smallest absolute Gasteiger partial charge is 0.399 e. The van der Waals surface area contributed by atoms with Crippen molar-refractivity contribution in [2.75, 3.05) is 10.6 Å². The van der Waals surface area contributed by atoms with Gasteiger partial charge < -0.3 is 19.9 Å². The minimum absolute atomic E-state index is 0.0694. The Bertz CT molecular complexity index is 3720. The summed E-state index contributed by atoms with van der Waals surface area (Å²) in [7, 11) is -0.311. The zero-order chi connectivity index (χ0) is 50.4. The Morgan fingerprint density at radius 2 is 1.04 bits per heavy atom. The summed E-state index contributed by atoms with van der Waals surface area (Å²) < 4.78 is 41.0. The molecule has 2 N–H and O–H groups in total. The quantitative estimate of drug-likeness (QED) is 0.109. The predicted octanol–water partition coefficient (Wildman–Crippen LogP) is 11.9. The number of benzene rings is 6. The number of anilines is 2. The van der Waals surface area contributed by atoms with Crippen LogP contribution in [0.25, 0.3) is 54.6 Å². The van der Waals surface area contributed by atoms with E-state index in [1.165, 1.54) is 12.7 Å². The summed E-state index contributed by atoms with van der Waals surface area (Å²) in [6, 6.07) is 46.5. The van der Waals surface area contributed by atoms with E-state index in [0.717, 1.165) is 59.9 Å². The number of hydrogen-bond acceptors (Lipinski definition) is 12. The molecule has 72 heavy (non-hydrogen) atoms. The summed E-state index contributed by atoms with van der Waals surface area (Å²) in [5.74, 6) is -0.940. The molecule has 1 aliphatic heterocycles. The molecule has 12 nitrogen and oxygen atoms in total. The molecule has 1 aliphatic rings. The number of hydrogen-bond donors (Lipinski definition) is 2. The molecule has 11 rings (SSSR count). The minimum atomic E-state index is -0.663. The Labute approximate surface area is 419 Å². The van der Waals surface area contributed by atoms with E-state index in [-0.39, 0.29) is 40.8 Å². The lowest BCUT2D eigenvalue weighted by atomic mass is 9.78. The van der Waals surface area contributed by atoms with Crippen LogP contribution in [0.1, 0.15) is 49.9 Å². The molecule has 10 aromatic rings. The van der Waals surface area contributed by atoms with E-state index in [1.807, 2.05) is 109 Å². The topological polar surface area (TPSA) is 167 Å². The van der Waals surface area contributed by atoms with Crippen molar-refractivity contribution in [1.82, 2.24) is 29.9 Å². The van der Waals surface area contributed by atoms with Gasteiger partial charge in [-0.1, -0.05) is 78.3 Å². The molecule has 5 heterocycles. The summed E-state index contributed by atoms with van der Waals surface area (Å²) in [4.78, 5) is 24.2. The number of pyridine rings is 2. The van der Waals surface area contributed by atoms with E-state index in [0.29, 0.717) is 29.8 Å². The van der Waals surface area contributed by atoms with Gasteiger partial charge in [0.2, 0.25) is 5.82 Å². The van der Waals surface area contributed by atoms with Crippen LogP contribution >= 0.6 is 11.6 Å². The van der Waals surface area contributed by atoms with Gasteiger partial charge in [0.25, 0.3) is 0 Å². The first-order valence-corrected chi connectivity index (χ1v) is 23.2. The maximum atomic E-state index is 15.2. The van der Waals surface area contributed by atoms with Crippen LogP contribution in [0.2, 0.25) is 5.15 Å². The van der Waals surface area contributed by atoms with Crippen LogP contribution in [-0.2, 0) is 22.4 Å². The molecular formula is C56H44BClF2N10O2. The fourth-order valence-electron chi connectivity index (χ4n) is 7.93. The van der Waals surface area contributed by atoms with Crippen molar-refractivity contribution in [2.45, 2.75) is 52.0 Å². The Hall–Kier alpha value is -8.47. The molecule has 0 atom stereocenters. The average Bonchev–Trinajstić information content (AvgIpc) is 3.63. The van der Waals surface area contributed by atoms with E-state index in [2.05, 4.69) is 92.5 Å². The Kier molecular flexibility index (Phi) is 14.1. The number of halogens is 3. The van der Waals surface area contributed by atoms with Gasteiger partial charge >= 0.3 is 7.12 Å². The minimum Gasteiger partial charge on any atom is -0.399 e. The largest absolute Gasteiger partial charge is 0.494 e. The molecular weight excluding hydrogens is 929 g/mol. The summed E-state index contributed by atoms with van der Waals surface area (Å²) in [6.07, 6.45) is 6.09. The summed E-state index contributed by atoms with van der Waals surface area (Å²) >= 11 is 5.61. The zero-order valence-electron chi connectivity index (χ0n) is 39.5. The molecule has 0 spiro atoms. The first-order valence-electron chi connectivity index (χ1n) is 22.8. The van der Waals surface area contributed by atoms with Gasteiger partial charge in [-0.25, -0.2) is 24.3 Å². The molecule has 354 valence electrons. The van der Waals surface area contributed by atoms with Crippen molar-refractivity contribution < 1.29 is 18.1 Å². The zero-order valence-corrected chi connectivity index (χ0v) is 40.3. The third-order valence-electron chi connectivity index (χ3n) is 12.6. The van der Waals surface area contributed by atoms with Gasteiger partial charge in [0.05, 0.1) is 45.5 Å². The van der Waals surface area contributed by atoms with Crippen LogP contribution in [0.15, 0.2) is 159 Å². The molecule has 0 saturated carbocycles. The molecule has 0 amide bonds. The maximum Gasteiger partial charge on any atom is 0.494 e. The van der Waals surface area contributed by atoms with E-state index in [4.69, 9.17) is 31.4 Å². The number of rotatable bonds is 8. The van der Waals surface area contributed by atoms with Gasteiger partial charge in [0.1, 0.15) is 18.3 Å². The molecule has 16 heteroatoms. The van der Waals surface area contributed by atoms with Gasteiger partial charge in [-0.15, -0.1) is 0 Å². The van der Waals surface area contributed by atoms with Crippen LogP contribution in [0.3, 0.4) is 0 Å². The van der Waals surface area contributed by atoms with Crippen molar-refractivity contribution in [3.63, 3.8) is 0 Å². The van der Waals surface area contributed by atoms with Gasteiger partial charge in [0.15, 0.2) is 22.6 Å². The van der Waals surface area contributed by atoms with E-state index in [9.17, 15) is 4.39 Å². The highest BCUT2D eigenvalue weighted by Crippen LogP contribution is 2.37. The SMILES string of the molecule is CC1(C)OB(c2ccc3ncccc3c2)OC1(C)C.N#Cc1ccc2cc(CNc3ncnc(-c4ccc5ncccc5c4)c3F)ccc2c1.N#Cc1ccc2cc(CNc3ncnc(Cl)c3F)ccc2c1. The first kappa shape index (κ1) is 48.6. The van der Waals surface area contributed by atoms with E-state index >= 15 is 4.39 Å². The molecule has 1 saturated heterocycles. The number of nitriles is 2.